The molecule has 0 bridgehead atoms. The summed E-state index contributed by atoms with van der Waals surface area (Å²) in [5.74, 6) is -0.490. The summed E-state index contributed by atoms with van der Waals surface area (Å²) in [6.45, 7) is 3.90. The first-order valence-corrected chi connectivity index (χ1v) is 8.67. The molecule has 0 saturated carbocycles. The van der Waals surface area contributed by atoms with Crippen LogP contribution in [-0.2, 0) is 6.54 Å². The summed E-state index contributed by atoms with van der Waals surface area (Å²) in [7, 11) is 0. The molecule has 0 fully saturated rings. The SMILES string of the molecule is Cc1cccc(C)c1NC(=O)c1cccn(Cc2cccc([N+](=O)[O-])c2)c1=O. The first-order valence-electron chi connectivity index (χ1n) is 8.67. The van der Waals surface area contributed by atoms with E-state index >= 15 is 0 Å². The summed E-state index contributed by atoms with van der Waals surface area (Å²) in [5.41, 5.74) is 2.59. The quantitative estimate of drug-likeness (QED) is 0.542. The van der Waals surface area contributed by atoms with Crippen LogP contribution in [0.1, 0.15) is 27.0 Å². The third-order valence-electron chi connectivity index (χ3n) is 4.46. The summed E-state index contributed by atoms with van der Waals surface area (Å²) >= 11 is 0. The second-order valence-corrected chi connectivity index (χ2v) is 6.50. The molecule has 142 valence electrons. The topological polar surface area (TPSA) is 94.2 Å². The van der Waals surface area contributed by atoms with Gasteiger partial charge in [-0.3, -0.25) is 19.7 Å². The summed E-state index contributed by atoms with van der Waals surface area (Å²) in [5, 5.41) is 13.7. The number of benzene rings is 2. The molecule has 7 nitrogen and oxygen atoms in total. The summed E-state index contributed by atoms with van der Waals surface area (Å²) in [6.07, 6.45) is 1.55. The van der Waals surface area contributed by atoms with Gasteiger partial charge in [-0.1, -0.05) is 30.3 Å². The maximum atomic E-state index is 12.8. The highest BCUT2D eigenvalue weighted by Crippen LogP contribution is 2.20. The van der Waals surface area contributed by atoms with Crippen molar-refractivity contribution in [3.63, 3.8) is 0 Å². The summed E-state index contributed by atoms with van der Waals surface area (Å²) in [6, 6.07) is 14.8. The Morgan fingerprint density at radius 1 is 1.07 bits per heavy atom. The molecule has 0 radical (unpaired) electrons. The van der Waals surface area contributed by atoms with Gasteiger partial charge >= 0.3 is 0 Å². The number of nitro benzene ring substituents is 1. The average Bonchev–Trinajstić information content (AvgIpc) is 2.66. The van der Waals surface area contributed by atoms with Gasteiger partial charge in [-0.05, 0) is 42.7 Å². The number of rotatable bonds is 5. The number of aryl methyl sites for hydroxylation is 2. The Balaban J connectivity index is 1.89. The molecule has 0 spiro atoms. The van der Waals surface area contributed by atoms with Crippen LogP contribution in [-0.4, -0.2) is 15.4 Å². The Morgan fingerprint density at radius 2 is 1.75 bits per heavy atom. The maximum Gasteiger partial charge on any atom is 0.269 e. The molecular formula is C21H19N3O4. The Kier molecular flexibility index (Phi) is 5.35. The van der Waals surface area contributed by atoms with Gasteiger partial charge in [-0.2, -0.15) is 0 Å². The molecule has 3 aromatic rings. The van der Waals surface area contributed by atoms with Gasteiger partial charge in [0.2, 0.25) is 0 Å². The normalized spacial score (nSPS) is 10.5. The van der Waals surface area contributed by atoms with Gasteiger partial charge in [-0.15, -0.1) is 0 Å². The molecule has 2 aromatic carbocycles. The average molecular weight is 377 g/mol. The van der Waals surface area contributed by atoms with Crippen LogP contribution in [0.3, 0.4) is 0 Å². The van der Waals surface area contributed by atoms with Crippen molar-refractivity contribution in [2.45, 2.75) is 20.4 Å². The first kappa shape index (κ1) is 19.0. The molecule has 0 saturated heterocycles. The van der Waals surface area contributed by atoms with Crippen molar-refractivity contribution in [1.29, 1.82) is 0 Å². The molecular weight excluding hydrogens is 358 g/mol. The number of nitrogens with zero attached hydrogens (tertiary/aromatic N) is 2. The van der Waals surface area contributed by atoms with E-state index in [-0.39, 0.29) is 17.8 Å². The second kappa shape index (κ2) is 7.87. The van der Waals surface area contributed by atoms with Gasteiger partial charge in [0.05, 0.1) is 11.5 Å². The molecule has 1 aromatic heterocycles. The Bertz CT molecular complexity index is 1100. The number of carbonyl (C=O) groups is 1. The summed E-state index contributed by atoms with van der Waals surface area (Å²) in [4.78, 5) is 35.9. The lowest BCUT2D eigenvalue weighted by atomic mass is 10.1. The van der Waals surface area contributed by atoms with Crippen molar-refractivity contribution in [3.05, 3.63) is 104 Å². The molecule has 28 heavy (non-hydrogen) atoms. The van der Waals surface area contributed by atoms with E-state index in [1.807, 2.05) is 32.0 Å². The van der Waals surface area contributed by atoms with Gasteiger partial charge in [0.15, 0.2) is 0 Å². The number of nitro groups is 1. The fourth-order valence-electron chi connectivity index (χ4n) is 2.99. The van der Waals surface area contributed by atoms with E-state index in [9.17, 15) is 19.7 Å². The number of pyridine rings is 1. The molecule has 3 rings (SSSR count). The number of hydrogen-bond donors (Lipinski definition) is 1. The molecule has 1 heterocycles. The van der Waals surface area contributed by atoms with Crippen LogP contribution >= 0.6 is 0 Å². The van der Waals surface area contributed by atoms with Crippen molar-refractivity contribution >= 4 is 17.3 Å². The van der Waals surface area contributed by atoms with Crippen LogP contribution in [0.25, 0.3) is 0 Å². The molecule has 1 N–H and O–H groups in total. The van der Waals surface area contributed by atoms with Gasteiger partial charge in [0.25, 0.3) is 17.2 Å². The lowest BCUT2D eigenvalue weighted by molar-refractivity contribution is -0.384. The van der Waals surface area contributed by atoms with E-state index in [2.05, 4.69) is 5.32 Å². The minimum Gasteiger partial charge on any atom is -0.321 e. The number of aromatic nitrogens is 1. The molecule has 1 amide bonds. The molecule has 0 aliphatic heterocycles. The molecule has 0 atom stereocenters. The summed E-state index contributed by atoms with van der Waals surface area (Å²) < 4.78 is 1.36. The zero-order valence-electron chi connectivity index (χ0n) is 15.5. The van der Waals surface area contributed by atoms with Crippen LogP contribution < -0.4 is 10.9 Å². The predicted octanol–water partition coefficient (Wildman–Crippen LogP) is 3.67. The third-order valence-corrected chi connectivity index (χ3v) is 4.46. The Morgan fingerprint density at radius 3 is 2.43 bits per heavy atom. The van der Waals surface area contributed by atoms with E-state index in [1.165, 1.54) is 22.8 Å². The fraction of sp³-hybridized carbons (Fsp3) is 0.143. The number of carbonyl (C=O) groups excluding carboxylic acids is 1. The zero-order chi connectivity index (χ0) is 20.3. The smallest absolute Gasteiger partial charge is 0.269 e. The minimum atomic E-state index is -0.490. The highest BCUT2D eigenvalue weighted by atomic mass is 16.6. The largest absolute Gasteiger partial charge is 0.321 e. The zero-order valence-corrected chi connectivity index (χ0v) is 15.5. The van der Waals surface area contributed by atoms with Crippen molar-refractivity contribution in [2.75, 3.05) is 5.32 Å². The number of non-ortho nitro benzene ring substituents is 1. The molecule has 7 heteroatoms. The van der Waals surface area contributed by atoms with Crippen molar-refractivity contribution in [1.82, 2.24) is 4.57 Å². The molecule has 0 unspecified atom stereocenters. The molecule has 0 aliphatic carbocycles. The minimum absolute atomic E-state index is 0.00980. The van der Waals surface area contributed by atoms with E-state index in [0.717, 1.165) is 11.1 Å². The number of amides is 1. The second-order valence-electron chi connectivity index (χ2n) is 6.50. The Labute approximate surface area is 161 Å². The highest BCUT2D eigenvalue weighted by molar-refractivity contribution is 6.04. The van der Waals surface area contributed by atoms with Crippen molar-refractivity contribution in [3.8, 4) is 0 Å². The fourth-order valence-corrected chi connectivity index (χ4v) is 2.99. The lowest BCUT2D eigenvalue weighted by Crippen LogP contribution is -2.29. The third kappa shape index (κ3) is 3.98. The maximum absolute atomic E-state index is 12.8. The van der Waals surface area contributed by atoms with E-state index in [4.69, 9.17) is 0 Å². The lowest BCUT2D eigenvalue weighted by Gasteiger charge is -2.12. The van der Waals surface area contributed by atoms with Crippen LogP contribution in [0.4, 0.5) is 11.4 Å². The highest BCUT2D eigenvalue weighted by Gasteiger charge is 2.15. The van der Waals surface area contributed by atoms with Gasteiger partial charge < -0.3 is 9.88 Å². The van der Waals surface area contributed by atoms with Crippen LogP contribution in [0.2, 0.25) is 0 Å². The van der Waals surface area contributed by atoms with Crippen molar-refractivity contribution < 1.29 is 9.72 Å². The monoisotopic (exact) mass is 377 g/mol. The van der Waals surface area contributed by atoms with Crippen LogP contribution in [0.15, 0.2) is 65.6 Å². The number of nitrogens with one attached hydrogen (secondary N) is 1. The first-order chi connectivity index (χ1) is 13.4. The van der Waals surface area contributed by atoms with Gasteiger partial charge in [-0.25, -0.2) is 0 Å². The van der Waals surface area contributed by atoms with E-state index < -0.39 is 16.4 Å². The number of anilines is 1. The predicted molar refractivity (Wildman–Crippen MR) is 107 cm³/mol. The van der Waals surface area contributed by atoms with E-state index in [1.54, 1.807) is 24.4 Å². The van der Waals surface area contributed by atoms with Gasteiger partial charge in [0, 0.05) is 24.0 Å². The van der Waals surface area contributed by atoms with Crippen LogP contribution in [0.5, 0.6) is 0 Å². The van der Waals surface area contributed by atoms with E-state index in [0.29, 0.717) is 11.3 Å². The number of para-hydroxylation sites is 1. The standard InChI is InChI=1S/C21H19N3O4/c1-14-6-3-7-15(2)19(14)22-20(25)18-10-5-11-23(21(18)26)13-16-8-4-9-17(12-16)24(27)28/h3-12H,13H2,1-2H3,(H,22,25). The Hall–Kier alpha value is -3.74. The number of hydrogen-bond acceptors (Lipinski definition) is 4. The van der Waals surface area contributed by atoms with Crippen LogP contribution in [0, 0.1) is 24.0 Å². The molecule has 0 aliphatic rings. The van der Waals surface area contributed by atoms with Crippen molar-refractivity contribution in [2.24, 2.45) is 0 Å². The van der Waals surface area contributed by atoms with Gasteiger partial charge in [0.1, 0.15) is 5.56 Å².